The van der Waals surface area contributed by atoms with Crippen molar-refractivity contribution < 1.29 is 42.1 Å². The molecule has 0 amide bonds. The molecule has 10 rings (SSSR count). The second kappa shape index (κ2) is 17.8. The number of pyridine rings is 4. The summed E-state index contributed by atoms with van der Waals surface area (Å²) in [5, 5.41) is 4.65. The molecule has 0 aliphatic heterocycles. The molecule has 50 heavy (non-hydrogen) atoms. The second-order valence-corrected chi connectivity index (χ2v) is 10.5. The first-order valence-electron chi connectivity index (χ1n) is 15.3. The smallest absolute Gasteiger partial charge is 0.662 e. The third-order valence-electron chi connectivity index (χ3n) is 7.38. The monoisotopic (exact) mass is 1010 g/mol. The number of hydrogen-bond acceptors (Lipinski definition) is 4. The quantitative estimate of drug-likeness (QED) is 0.171. The van der Waals surface area contributed by atoms with Crippen molar-refractivity contribution >= 4 is 43.9 Å². The van der Waals surface area contributed by atoms with E-state index in [4.69, 9.17) is 0 Å². The fourth-order valence-electron chi connectivity index (χ4n) is 5.15. The number of rotatable bonds is 2. The zero-order valence-corrected chi connectivity index (χ0v) is 30.9. The third-order valence-corrected chi connectivity index (χ3v) is 7.38. The van der Waals surface area contributed by atoms with Crippen molar-refractivity contribution in [3.8, 4) is 22.8 Å². The number of para-hydroxylation sites is 2. The molecule has 8 heterocycles. The molecule has 0 radical (unpaired) electrons. The predicted octanol–water partition coefficient (Wildman–Crippen LogP) is 8.10. The molecule has 0 N–H and O–H groups in total. The Morgan fingerprint density at radius 2 is 0.740 bits per heavy atom. The molecule has 0 fully saturated rings. The van der Waals surface area contributed by atoms with Crippen molar-refractivity contribution in [2.45, 2.75) is 0 Å². The summed E-state index contributed by atoms with van der Waals surface area (Å²) in [5.74, 6) is 0. The van der Waals surface area contributed by atoms with Gasteiger partial charge in [0.05, 0.1) is 0 Å². The van der Waals surface area contributed by atoms with Crippen molar-refractivity contribution in [2.24, 2.45) is 0 Å². The van der Waals surface area contributed by atoms with E-state index in [1.54, 1.807) is 37.2 Å². The van der Waals surface area contributed by atoms with Crippen LogP contribution in [0.5, 0.6) is 0 Å². The summed E-state index contributed by atoms with van der Waals surface area (Å²) in [6.07, 6.45) is 10.6. The number of fused-ring (bicyclic) bond motifs is 6. The Kier molecular flexibility index (Phi) is 12.8. The molecular weight excluding hydrogens is 983 g/mol. The SMILES string of the molecule is [Pt+2].[Pt+2].c1ccc(-c2ccc[n-]2)nc1.c1ccc(-c2ccc[n-]2)nc1.c1ccc2c(c1)[n-]c1ncccc12.c1ccc2c(c1)[n-]c1ncccc12. The summed E-state index contributed by atoms with van der Waals surface area (Å²) in [5.41, 5.74) is 7.45. The maximum Gasteiger partial charge on any atom is 2.00 e. The maximum atomic E-state index is 4.40. The normalized spacial score (nSPS) is 10.1. The van der Waals surface area contributed by atoms with Gasteiger partial charge in [0.15, 0.2) is 0 Å². The van der Waals surface area contributed by atoms with E-state index in [-0.39, 0.29) is 42.1 Å². The Morgan fingerprint density at radius 3 is 1.14 bits per heavy atom. The zero-order valence-electron chi connectivity index (χ0n) is 26.4. The summed E-state index contributed by atoms with van der Waals surface area (Å²) in [6.45, 7) is 0. The molecule has 0 atom stereocenters. The predicted molar refractivity (Wildman–Crippen MR) is 191 cm³/mol. The summed E-state index contributed by atoms with van der Waals surface area (Å²) in [7, 11) is 0. The first-order chi connectivity index (χ1) is 23.8. The van der Waals surface area contributed by atoms with Crippen molar-refractivity contribution in [1.29, 1.82) is 0 Å². The van der Waals surface area contributed by atoms with E-state index in [0.717, 1.165) is 55.9 Å². The number of nitrogens with zero attached hydrogens (tertiary/aromatic N) is 8. The topological polar surface area (TPSA) is 108 Å². The van der Waals surface area contributed by atoms with Crippen LogP contribution in [0.4, 0.5) is 0 Å². The Hall–Kier alpha value is -5.42. The average Bonchev–Trinajstić information content (AvgIpc) is 4.00. The Morgan fingerprint density at radius 1 is 0.340 bits per heavy atom. The molecular formula is C40H28N8Pt2. The minimum atomic E-state index is 0. The minimum Gasteiger partial charge on any atom is -0.662 e. The Bertz CT molecular complexity index is 2180. The van der Waals surface area contributed by atoms with E-state index in [1.807, 2.05) is 109 Å². The molecule has 248 valence electrons. The number of benzene rings is 2. The van der Waals surface area contributed by atoms with Crippen LogP contribution in [0.15, 0.2) is 171 Å². The van der Waals surface area contributed by atoms with E-state index in [0.29, 0.717) is 0 Å². The van der Waals surface area contributed by atoms with Gasteiger partial charge in [-0.05, 0) is 56.8 Å². The fraction of sp³-hybridized carbons (Fsp3) is 0. The van der Waals surface area contributed by atoms with Gasteiger partial charge in [-0.25, -0.2) is 0 Å². The molecule has 8 nitrogen and oxygen atoms in total. The van der Waals surface area contributed by atoms with E-state index >= 15 is 0 Å². The van der Waals surface area contributed by atoms with Gasteiger partial charge in [0.1, 0.15) is 0 Å². The molecule has 2 aromatic carbocycles. The van der Waals surface area contributed by atoms with Crippen LogP contribution in [0.1, 0.15) is 0 Å². The van der Waals surface area contributed by atoms with E-state index in [2.05, 4.69) is 64.1 Å². The van der Waals surface area contributed by atoms with Gasteiger partial charge >= 0.3 is 42.1 Å². The van der Waals surface area contributed by atoms with Crippen LogP contribution in [-0.2, 0) is 42.1 Å². The molecule has 0 saturated heterocycles. The first-order valence-corrected chi connectivity index (χ1v) is 15.3. The van der Waals surface area contributed by atoms with Crippen LogP contribution in [-0.4, -0.2) is 19.9 Å². The van der Waals surface area contributed by atoms with Crippen molar-refractivity contribution in [2.75, 3.05) is 0 Å². The molecule has 0 unspecified atom stereocenters. The van der Waals surface area contributed by atoms with Crippen LogP contribution in [0, 0.1) is 0 Å². The molecule has 0 aliphatic rings. The first kappa shape index (κ1) is 35.9. The summed E-state index contributed by atoms with van der Waals surface area (Å²) >= 11 is 0. The summed E-state index contributed by atoms with van der Waals surface area (Å²) in [4.78, 5) is 33.8. The summed E-state index contributed by atoms with van der Waals surface area (Å²) < 4.78 is 0. The van der Waals surface area contributed by atoms with Crippen LogP contribution in [0.3, 0.4) is 0 Å². The van der Waals surface area contributed by atoms with Gasteiger partial charge in [-0.1, -0.05) is 133 Å². The van der Waals surface area contributed by atoms with Crippen LogP contribution < -0.4 is 19.9 Å². The van der Waals surface area contributed by atoms with Gasteiger partial charge in [0.2, 0.25) is 0 Å². The van der Waals surface area contributed by atoms with Gasteiger partial charge in [-0.2, -0.15) is 12.4 Å². The Balaban J connectivity index is 0.000000128. The van der Waals surface area contributed by atoms with E-state index in [1.165, 1.54) is 10.8 Å². The molecule has 10 aromatic rings. The van der Waals surface area contributed by atoms with Crippen molar-refractivity contribution in [3.63, 3.8) is 0 Å². The van der Waals surface area contributed by atoms with E-state index < -0.39 is 0 Å². The van der Waals surface area contributed by atoms with Crippen molar-refractivity contribution in [1.82, 2.24) is 39.9 Å². The molecule has 8 aromatic heterocycles. The number of aromatic nitrogens is 8. The van der Waals surface area contributed by atoms with Gasteiger partial charge in [-0.15, -0.1) is 11.4 Å². The molecule has 0 saturated carbocycles. The van der Waals surface area contributed by atoms with Gasteiger partial charge in [-0.3, -0.25) is 9.97 Å². The molecule has 0 aliphatic carbocycles. The largest absolute Gasteiger partial charge is 2.00 e. The zero-order chi connectivity index (χ0) is 32.4. The average molecular weight is 1010 g/mol. The maximum absolute atomic E-state index is 4.40. The number of hydrogen-bond donors (Lipinski definition) is 0. The molecule has 0 bridgehead atoms. The second-order valence-electron chi connectivity index (χ2n) is 10.5. The third kappa shape index (κ3) is 8.59. The van der Waals surface area contributed by atoms with Crippen LogP contribution >= 0.6 is 0 Å². The summed E-state index contributed by atoms with van der Waals surface area (Å²) in [6, 6.07) is 43.5. The molecule has 0 spiro atoms. The van der Waals surface area contributed by atoms with Crippen LogP contribution in [0.25, 0.3) is 66.6 Å². The molecule has 10 heteroatoms. The Labute approximate surface area is 317 Å². The van der Waals surface area contributed by atoms with Gasteiger partial charge in [0.25, 0.3) is 0 Å². The van der Waals surface area contributed by atoms with Gasteiger partial charge in [0, 0.05) is 23.8 Å². The standard InChI is InChI=1S/2C11H7N2.2C9H7N2.2Pt/c2*1-2-6-10-8(4-1)9-5-3-7-12-11(9)13-10;2*1-2-6-10-8(4-1)9-5-3-7-11-9;;/h2*1-7H;2*1-7H;;/q4*-1;2*+2. The van der Waals surface area contributed by atoms with Crippen LogP contribution in [0.2, 0.25) is 0 Å². The minimum absolute atomic E-state index is 0. The van der Waals surface area contributed by atoms with Crippen molar-refractivity contribution in [3.05, 3.63) is 171 Å². The van der Waals surface area contributed by atoms with E-state index in [9.17, 15) is 0 Å². The fourth-order valence-corrected chi connectivity index (χ4v) is 5.15. The van der Waals surface area contributed by atoms with Gasteiger partial charge < -0.3 is 29.9 Å².